The monoisotopic (exact) mass is 283 g/mol. The zero-order chi connectivity index (χ0) is 11.7. The second-order valence-corrected chi connectivity index (χ2v) is 5.24. The van der Waals surface area contributed by atoms with Gasteiger partial charge in [-0.3, -0.25) is 4.79 Å². The molecule has 0 spiro atoms. The van der Waals surface area contributed by atoms with Gasteiger partial charge in [0.2, 0.25) is 0 Å². The van der Waals surface area contributed by atoms with Crippen LogP contribution in [0.2, 0.25) is 0 Å². The van der Waals surface area contributed by atoms with E-state index in [-0.39, 0.29) is 11.8 Å². The smallest absolute Gasteiger partial charge is 0.308 e. The molecule has 2 rings (SSSR count). The zero-order valence-electron chi connectivity index (χ0n) is 9.06. The molecule has 0 aromatic heterocycles. The van der Waals surface area contributed by atoms with Gasteiger partial charge in [0, 0.05) is 23.5 Å². The standard InChI is InChI=1S/C12H14BrNO2/c1-14-6-10(11(7-14)12(15)16)8-2-4-9(13)5-3-8/h2-5,10-11H,6-7H2,1H3,(H,15,16). The lowest BCUT2D eigenvalue weighted by Gasteiger charge is -2.14. The molecule has 1 aliphatic rings. The second kappa shape index (κ2) is 4.55. The number of carboxylic acids is 1. The number of carbonyl (C=O) groups is 1. The summed E-state index contributed by atoms with van der Waals surface area (Å²) in [5.41, 5.74) is 1.11. The van der Waals surface area contributed by atoms with Crippen LogP contribution in [0, 0.1) is 5.92 Å². The van der Waals surface area contributed by atoms with Gasteiger partial charge in [0.15, 0.2) is 0 Å². The minimum absolute atomic E-state index is 0.107. The molecule has 0 radical (unpaired) electrons. The van der Waals surface area contributed by atoms with Gasteiger partial charge in [-0.15, -0.1) is 0 Å². The highest BCUT2D eigenvalue weighted by Crippen LogP contribution is 2.32. The Labute approximate surface area is 103 Å². The van der Waals surface area contributed by atoms with Crippen molar-refractivity contribution in [2.75, 3.05) is 20.1 Å². The van der Waals surface area contributed by atoms with Crippen LogP contribution in [0.1, 0.15) is 11.5 Å². The summed E-state index contributed by atoms with van der Waals surface area (Å²) in [4.78, 5) is 13.2. The van der Waals surface area contributed by atoms with Crippen LogP contribution in [-0.4, -0.2) is 36.1 Å². The zero-order valence-corrected chi connectivity index (χ0v) is 10.6. The van der Waals surface area contributed by atoms with Crippen molar-refractivity contribution < 1.29 is 9.90 Å². The average Bonchev–Trinajstić information content (AvgIpc) is 2.61. The molecule has 0 aliphatic carbocycles. The molecule has 1 heterocycles. The number of likely N-dealkylation sites (tertiary alicyclic amines) is 1. The fraction of sp³-hybridized carbons (Fsp3) is 0.417. The van der Waals surface area contributed by atoms with E-state index in [1.165, 1.54) is 0 Å². The van der Waals surface area contributed by atoms with Crippen LogP contribution in [0.4, 0.5) is 0 Å². The first-order chi connectivity index (χ1) is 7.58. The highest BCUT2D eigenvalue weighted by atomic mass is 79.9. The van der Waals surface area contributed by atoms with E-state index in [4.69, 9.17) is 0 Å². The van der Waals surface area contributed by atoms with Gasteiger partial charge in [0.25, 0.3) is 0 Å². The van der Waals surface area contributed by atoms with Crippen molar-refractivity contribution in [1.29, 1.82) is 0 Å². The molecule has 1 N–H and O–H groups in total. The molecular formula is C12H14BrNO2. The quantitative estimate of drug-likeness (QED) is 0.905. The summed E-state index contributed by atoms with van der Waals surface area (Å²) in [6.45, 7) is 1.45. The number of likely N-dealkylation sites (N-methyl/N-ethyl adjacent to an activating group) is 1. The van der Waals surface area contributed by atoms with Crippen molar-refractivity contribution in [2.45, 2.75) is 5.92 Å². The lowest BCUT2D eigenvalue weighted by atomic mass is 9.89. The van der Waals surface area contributed by atoms with E-state index in [0.29, 0.717) is 6.54 Å². The van der Waals surface area contributed by atoms with Crippen molar-refractivity contribution in [2.24, 2.45) is 5.92 Å². The van der Waals surface area contributed by atoms with E-state index >= 15 is 0 Å². The van der Waals surface area contributed by atoms with Gasteiger partial charge in [0.05, 0.1) is 5.92 Å². The van der Waals surface area contributed by atoms with Crippen molar-refractivity contribution in [1.82, 2.24) is 4.90 Å². The van der Waals surface area contributed by atoms with E-state index in [1.54, 1.807) is 0 Å². The summed E-state index contributed by atoms with van der Waals surface area (Å²) in [6.07, 6.45) is 0. The topological polar surface area (TPSA) is 40.5 Å². The van der Waals surface area contributed by atoms with Gasteiger partial charge in [-0.2, -0.15) is 0 Å². The predicted molar refractivity (Wildman–Crippen MR) is 65.5 cm³/mol. The van der Waals surface area contributed by atoms with Gasteiger partial charge >= 0.3 is 5.97 Å². The number of rotatable bonds is 2. The summed E-state index contributed by atoms with van der Waals surface area (Å²) in [6, 6.07) is 7.94. The lowest BCUT2D eigenvalue weighted by molar-refractivity contribution is -0.141. The molecule has 1 aromatic carbocycles. The molecule has 1 fully saturated rings. The number of carboxylic acid groups (broad SMARTS) is 1. The van der Waals surface area contributed by atoms with Crippen LogP contribution in [0.25, 0.3) is 0 Å². The Morgan fingerprint density at radius 2 is 2.00 bits per heavy atom. The molecule has 1 aromatic rings. The maximum atomic E-state index is 11.2. The molecule has 0 amide bonds. The Balaban J connectivity index is 2.25. The first-order valence-corrected chi connectivity index (χ1v) is 6.04. The molecule has 0 bridgehead atoms. The first-order valence-electron chi connectivity index (χ1n) is 5.24. The molecule has 0 saturated carbocycles. The van der Waals surface area contributed by atoms with Gasteiger partial charge < -0.3 is 10.0 Å². The third-order valence-electron chi connectivity index (χ3n) is 3.12. The molecule has 2 unspecified atom stereocenters. The SMILES string of the molecule is CN1CC(C(=O)O)C(c2ccc(Br)cc2)C1. The summed E-state index contributed by atoms with van der Waals surface area (Å²) < 4.78 is 1.02. The molecule has 4 heteroatoms. The number of halogens is 1. The Bertz CT molecular complexity index is 391. The highest BCUT2D eigenvalue weighted by molar-refractivity contribution is 9.10. The molecule has 2 atom stereocenters. The van der Waals surface area contributed by atoms with Crippen molar-refractivity contribution in [3.8, 4) is 0 Å². The molecular weight excluding hydrogens is 270 g/mol. The van der Waals surface area contributed by atoms with Crippen LogP contribution in [-0.2, 0) is 4.79 Å². The number of hydrogen-bond donors (Lipinski definition) is 1. The maximum Gasteiger partial charge on any atom is 0.308 e. The van der Waals surface area contributed by atoms with Crippen LogP contribution in [0.3, 0.4) is 0 Å². The van der Waals surface area contributed by atoms with E-state index in [9.17, 15) is 9.90 Å². The molecule has 16 heavy (non-hydrogen) atoms. The van der Waals surface area contributed by atoms with E-state index in [0.717, 1.165) is 16.6 Å². The number of hydrogen-bond acceptors (Lipinski definition) is 2. The third-order valence-corrected chi connectivity index (χ3v) is 3.65. The largest absolute Gasteiger partial charge is 0.481 e. The fourth-order valence-electron chi connectivity index (χ4n) is 2.30. The first kappa shape index (κ1) is 11.6. The normalized spacial score (nSPS) is 25.9. The Hall–Kier alpha value is -0.870. The summed E-state index contributed by atoms with van der Waals surface area (Å²) in [7, 11) is 1.97. The predicted octanol–water partition coefficient (Wildman–Crippen LogP) is 2.18. The van der Waals surface area contributed by atoms with Gasteiger partial charge in [-0.05, 0) is 24.7 Å². The molecule has 3 nitrogen and oxygen atoms in total. The Morgan fingerprint density at radius 1 is 1.38 bits per heavy atom. The van der Waals surface area contributed by atoms with E-state index in [1.807, 2.05) is 31.3 Å². The van der Waals surface area contributed by atoms with Gasteiger partial charge in [0.1, 0.15) is 0 Å². The summed E-state index contributed by atoms with van der Waals surface area (Å²) in [5.74, 6) is -0.876. The number of aliphatic carboxylic acids is 1. The minimum Gasteiger partial charge on any atom is -0.481 e. The number of nitrogens with zero attached hydrogens (tertiary/aromatic N) is 1. The van der Waals surface area contributed by atoms with Gasteiger partial charge in [-0.1, -0.05) is 28.1 Å². The molecule has 1 saturated heterocycles. The van der Waals surface area contributed by atoms with Crippen LogP contribution in [0.15, 0.2) is 28.7 Å². The Morgan fingerprint density at radius 3 is 2.56 bits per heavy atom. The van der Waals surface area contributed by atoms with Crippen LogP contribution < -0.4 is 0 Å². The molecule has 86 valence electrons. The van der Waals surface area contributed by atoms with E-state index < -0.39 is 5.97 Å². The molecule has 1 aliphatic heterocycles. The fourth-order valence-corrected chi connectivity index (χ4v) is 2.56. The third kappa shape index (κ3) is 2.28. The minimum atomic E-state index is -0.697. The Kier molecular flexibility index (Phi) is 3.30. The lowest BCUT2D eigenvalue weighted by Crippen LogP contribution is -2.21. The average molecular weight is 284 g/mol. The number of benzene rings is 1. The van der Waals surface area contributed by atoms with E-state index in [2.05, 4.69) is 20.8 Å². The van der Waals surface area contributed by atoms with Crippen molar-refractivity contribution >= 4 is 21.9 Å². The summed E-state index contributed by atoms with van der Waals surface area (Å²) >= 11 is 3.38. The van der Waals surface area contributed by atoms with Gasteiger partial charge in [-0.25, -0.2) is 0 Å². The summed E-state index contributed by atoms with van der Waals surface area (Å²) in [5, 5.41) is 9.18. The van der Waals surface area contributed by atoms with Crippen LogP contribution in [0.5, 0.6) is 0 Å². The highest BCUT2D eigenvalue weighted by Gasteiger charge is 2.36. The van der Waals surface area contributed by atoms with Crippen molar-refractivity contribution in [3.63, 3.8) is 0 Å². The van der Waals surface area contributed by atoms with Crippen molar-refractivity contribution in [3.05, 3.63) is 34.3 Å². The maximum absolute atomic E-state index is 11.2. The van der Waals surface area contributed by atoms with Crippen LogP contribution >= 0.6 is 15.9 Å². The second-order valence-electron chi connectivity index (χ2n) is 4.32.